The Morgan fingerprint density at radius 3 is 2.64 bits per heavy atom. The Labute approximate surface area is 124 Å². The summed E-state index contributed by atoms with van der Waals surface area (Å²) in [4.78, 5) is 11.7. The van der Waals surface area contributed by atoms with E-state index in [1.807, 2.05) is 0 Å². The number of hydrogen-bond acceptors (Lipinski definition) is 3. The molecule has 22 heavy (non-hydrogen) atoms. The number of rotatable bonds is 5. The van der Waals surface area contributed by atoms with Crippen molar-refractivity contribution >= 4 is 5.91 Å². The second kappa shape index (κ2) is 6.20. The molecule has 0 aromatic carbocycles. The average molecular weight is 315 g/mol. The average Bonchev–Trinajstić information content (AvgIpc) is 3.01. The molecule has 0 saturated heterocycles. The van der Waals surface area contributed by atoms with Crippen molar-refractivity contribution in [2.45, 2.75) is 26.1 Å². The number of amides is 1. The van der Waals surface area contributed by atoms with Crippen LogP contribution in [0.5, 0.6) is 0 Å². The lowest BCUT2D eigenvalue weighted by atomic mass is 10.3. The number of nitrogens with one attached hydrogen (secondary N) is 1. The Hall–Kier alpha value is -2.32. The van der Waals surface area contributed by atoms with Crippen molar-refractivity contribution in [1.29, 1.82) is 0 Å². The fraction of sp³-hybridized carbons (Fsp3) is 0.462. The van der Waals surface area contributed by atoms with E-state index in [0.717, 1.165) is 6.07 Å². The molecule has 2 heterocycles. The van der Waals surface area contributed by atoms with Gasteiger partial charge in [0, 0.05) is 32.0 Å². The molecule has 120 valence electrons. The van der Waals surface area contributed by atoms with Gasteiger partial charge in [0.25, 0.3) is 5.91 Å². The lowest BCUT2D eigenvalue weighted by Crippen LogP contribution is -2.26. The van der Waals surface area contributed by atoms with E-state index in [2.05, 4.69) is 15.5 Å². The topological polar surface area (TPSA) is 64.7 Å². The van der Waals surface area contributed by atoms with Crippen molar-refractivity contribution in [3.63, 3.8) is 0 Å². The molecule has 0 bridgehead atoms. The zero-order valence-corrected chi connectivity index (χ0v) is 12.2. The highest BCUT2D eigenvalue weighted by Gasteiger charge is 2.34. The van der Waals surface area contributed by atoms with E-state index in [1.54, 1.807) is 26.2 Å². The third-order valence-corrected chi connectivity index (χ3v) is 3.05. The van der Waals surface area contributed by atoms with Gasteiger partial charge in [-0.25, -0.2) is 0 Å². The van der Waals surface area contributed by atoms with E-state index in [1.165, 1.54) is 9.36 Å². The predicted octanol–water partition coefficient (Wildman–Crippen LogP) is 1.76. The van der Waals surface area contributed by atoms with Crippen molar-refractivity contribution in [2.24, 2.45) is 7.05 Å². The summed E-state index contributed by atoms with van der Waals surface area (Å²) in [6, 6.07) is 2.59. The summed E-state index contributed by atoms with van der Waals surface area (Å²) in [5.41, 5.74) is -0.164. The second-order valence-corrected chi connectivity index (χ2v) is 4.88. The number of carbonyl (C=O) groups excluding carboxylic acids is 1. The largest absolute Gasteiger partial charge is 0.435 e. The minimum atomic E-state index is -4.44. The normalized spacial score (nSPS) is 11.7. The van der Waals surface area contributed by atoms with Gasteiger partial charge in [0.15, 0.2) is 5.69 Å². The molecular weight excluding hydrogens is 299 g/mol. The molecule has 6 nitrogen and oxygen atoms in total. The first-order valence-corrected chi connectivity index (χ1v) is 6.67. The summed E-state index contributed by atoms with van der Waals surface area (Å²) in [5, 5.41) is 10.1. The number of carbonyl (C=O) groups is 1. The summed E-state index contributed by atoms with van der Waals surface area (Å²) in [6.07, 6.45) is -2.32. The number of aromatic nitrogens is 4. The van der Waals surface area contributed by atoms with Gasteiger partial charge in [-0.15, -0.1) is 0 Å². The van der Waals surface area contributed by atoms with Crippen LogP contribution in [0.2, 0.25) is 0 Å². The number of halogens is 3. The molecule has 0 aliphatic rings. The Morgan fingerprint density at radius 2 is 2.09 bits per heavy atom. The van der Waals surface area contributed by atoms with Crippen molar-refractivity contribution in [3.8, 4) is 0 Å². The third kappa shape index (κ3) is 3.86. The minimum Gasteiger partial charge on any atom is -0.351 e. The van der Waals surface area contributed by atoms with Crippen molar-refractivity contribution in [3.05, 3.63) is 35.4 Å². The zero-order valence-electron chi connectivity index (χ0n) is 12.2. The van der Waals surface area contributed by atoms with Gasteiger partial charge in [0.05, 0.1) is 0 Å². The predicted molar refractivity (Wildman–Crippen MR) is 72.1 cm³/mol. The lowest BCUT2D eigenvalue weighted by Gasteiger charge is -2.06. The van der Waals surface area contributed by atoms with Crippen LogP contribution in [0.4, 0.5) is 13.2 Å². The third-order valence-electron chi connectivity index (χ3n) is 3.05. The highest BCUT2D eigenvalue weighted by atomic mass is 19.4. The van der Waals surface area contributed by atoms with E-state index in [4.69, 9.17) is 0 Å². The van der Waals surface area contributed by atoms with E-state index >= 15 is 0 Å². The monoisotopic (exact) mass is 315 g/mol. The molecule has 2 aromatic heterocycles. The molecule has 0 aliphatic heterocycles. The first kappa shape index (κ1) is 16.1. The van der Waals surface area contributed by atoms with E-state index in [-0.39, 0.29) is 5.91 Å². The molecule has 9 heteroatoms. The molecule has 1 amide bonds. The standard InChI is InChI=1S/C13H16F3N5O/c1-9-8-11(13(14,15)16)19-21(9)6-3-5-17-12(22)10-4-7-20(2)18-10/h4,7-8H,3,5-6H2,1-2H3,(H,17,22). The van der Waals surface area contributed by atoms with Crippen molar-refractivity contribution < 1.29 is 18.0 Å². The number of hydrogen-bond donors (Lipinski definition) is 1. The van der Waals surface area contributed by atoms with Gasteiger partial charge in [0.1, 0.15) is 5.69 Å². The maximum Gasteiger partial charge on any atom is 0.435 e. The van der Waals surface area contributed by atoms with Crippen LogP contribution in [-0.2, 0) is 19.8 Å². The molecule has 0 radical (unpaired) electrons. The Balaban J connectivity index is 1.82. The minimum absolute atomic E-state index is 0.296. The van der Waals surface area contributed by atoms with Gasteiger partial charge < -0.3 is 5.32 Å². The van der Waals surface area contributed by atoms with Gasteiger partial charge in [-0.2, -0.15) is 23.4 Å². The maximum atomic E-state index is 12.5. The SMILES string of the molecule is Cc1cc(C(F)(F)F)nn1CCCNC(=O)c1ccn(C)n1. The van der Waals surface area contributed by atoms with Gasteiger partial charge in [-0.3, -0.25) is 14.2 Å². The summed E-state index contributed by atoms with van der Waals surface area (Å²) < 4.78 is 40.4. The molecule has 0 unspecified atom stereocenters. The van der Waals surface area contributed by atoms with E-state index < -0.39 is 11.9 Å². The van der Waals surface area contributed by atoms with Gasteiger partial charge in [0.2, 0.25) is 0 Å². The molecule has 0 spiro atoms. The fourth-order valence-electron chi connectivity index (χ4n) is 1.93. The summed E-state index contributed by atoms with van der Waals surface area (Å²) in [6.45, 7) is 2.19. The van der Waals surface area contributed by atoms with Crippen LogP contribution in [-0.4, -0.2) is 32.0 Å². The first-order chi connectivity index (χ1) is 10.3. The lowest BCUT2D eigenvalue weighted by molar-refractivity contribution is -0.141. The van der Waals surface area contributed by atoms with Gasteiger partial charge in [-0.1, -0.05) is 0 Å². The zero-order chi connectivity index (χ0) is 16.3. The Morgan fingerprint density at radius 1 is 1.36 bits per heavy atom. The number of alkyl halides is 3. The van der Waals surface area contributed by atoms with E-state index in [0.29, 0.717) is 30.9 Å². The fourth-order valence-corrected chi connectivity index (χ4v) is 1.93. The van der Waals surface area contributed by atoms with Crippen molar-refractivity contribution in [1.82, 2.24) is 24.9 Å². The molecule has 0 fully saturated rings. The smallest absolute Gasteiger partial charge is 0.351 e. The van der Waals surface area contributed by atoms with Crippen LogP contribution in [0.25, 0.3) is 0 Å². The molecule has 2 aromatic rings. The number of aryl methyl sites for hydroxylation is 3. The highest BCUT2D eigenvalue weighted by molar-refractivity contribution is 5.92. The highest BCUT2D eigenvalue weighted by Crippen LogP contribution is 2.28. The summed E-state index contributed by atoms with van der Waals surface area (Å²) >= 11 is 0. The van der Waals surface area contributed by atoms with Gasteiger partial charge in [-0.05, 0) is 25.5 Å². The van der Waals surface area contributed by atoms with Crippen LogP contribution in [0.3, 0.4) is 0 Å². The summed E-state index contributed by atoms with van der Waals surface area (Å²) in [7, 11) is 1.70. The van der Waals surface area contributed by atoms with Crippen LogP contribution in [0.15, 0.2) is 18.3 Å². The molecule has 0 aliphatic carbocycles. The summed E-state index contributed by atoms with van der Waals surface area (Å²) in [5.74, 6) is -0.311. The van der Waals surface area contributed by atoms with Crippen LogP contribution in [0, 0.1) is 6.92 Å². The molecule has 0 saturated carbocycles. The molecule has 1 N–H and O–H groups in total. The van der Waals surface area contributed by atoms with E-state index in [9.17, 15) is 18.0 Å². The first-order valence-electron chi connectivity index (χ1n) is 6.67. The molecule has 2 rings (SSSR count). The van der Waals surface area contributed by atoms with Gasteiger partial charge >= 0.3 is 6.18 Å². The molecule has 0 atom stereocenters. The van der Waals surface area contributed by atoms with Crippen LogP contribution in [0.1, 0.15) is 28.3 Å². The van der Waals surface area contributed by atoms with Crippen LogP contribution < -0.4 is 5.32 Å². The quantitative estimate of drug-likeness (QED) is 0.855. The Bertz CT molecular complexity index is 659. The maximum absolute atomic E-state index is 12.5. The number of nitrogens with zero attached hydrogens (tertiary/aromatic N) is 4. The van der Waals surface area contributed by atoms with Crippen molar-refractivity contribution in [2.75, 3.05) is 6.54 Å². The molecular formula is C13H16F3N5O. The Kier molecular flexibility index (Phi) is 4.53. The van der Waals surface area contributed by atoms with Crippen LogP contribution >= 0.6 is 0 Å². The second-order valence-electron chi connectivity index (χ2n) is 4.88.